The minimum absolute atomic E-state index is 0. The Hall–Kier alpha value is 3.37. The maximum Gasteiger partial charge on any atom is 0.316 e. The van der Waals surface area contributed by atoms with Crippen LogP contribution in [0, 0.1) is 0 Å². The van der Waals surface area contributed by atoms with E-state index in [0.717, 1.165) is 0 Å². The van der Waals surface area contributed by atoms with E-state index in [-0.39, 0.29) is 108 Å². The fourth-order valence-corrected chi connectivity index (χ4v) is 0. The Balaban J connectivity index is 0. The maximum absolute atomic E-state index is 0. The standard InChI is InChI=1S/Al.Ca.ClH.Fe.Mg.7H/h;;1H;;;;;;;;;. The van der Waals surface area contributed by atoms with E-state index in [1.54, 1.807) is 0 Å². The number of hydrogen-bond acceptors (Lipinski definition) is 0. The van der Waals surface area contributed by atoms with Crippen molar-refractivity contribution in [2.45, 2.75) is 0 Å². The van der Waals surface area contributed by atoms with Crippen LogP contribution in [0.1, 0.15) is 0 Å². The molecule has 0 amide bonds. The summed E-state index contributed by atoms with van der Waals surface area (Å²) in [6.45, 7) is 0. The molecule has 0 fully saturated rings. The Morgan fingerprint density at radius 2 is 1.00 bits per heavy atom. The molecule has 0 aliphatic carbocycles. The van der Waals surface area contributed by atoms with Crippen molar-refractivity contribution in [3.05, 3.63) is 0 Å². The van der Waals surface area contributed by atoms with Crippen molar-refractivity contribution in [3.63, 3.8) is 0 Å². The fourth-order valence-electron chi connectivity index (χ4n) is 0. The van der Waals surface area contributed by atoms with Crippen LogP contribution in [0.4, 0.5) is 0 Å². The van der Waals surface area contributed by atoms with E-state index in [1.165, 1.54) is 0 Å². The summed E-state index contributed by atoms with van der Waals surface area (Å²) in [5.41, 5.74) is 0. The van der Waals surface area contributed by atoms with Crippen LogP contribution in [0.25, 0.3) is 0 Å². The average molecular weight is 191 g/mol. The van der Waals surface area contributed by atoms with Crippen LogP contribution in [-0.2, 0) is 17.1 Å². The molecule has 0 unspecified atom stereocenters. The number of hydrogen-bond donors (Lipinski definition) is 0. The molecule has 0 atom stereocenters. The number of rotatable bonds is 0. The smallest absolute Gasteiger partial charge is 0 e. The summed E-state index contributed by atoms with van der Waals surface area (Å²) in [5.74, 6) is 0. The first-order valence-corrected chi connectivity index (χ1v) is 0. The summed E-state index contributed by atoms with van der Waals surface area (Å²) in [5, 5.41) is 0. The Morgan fingerprint density at radius 1 is 1.00 bits per heavy atom. The molecule has 0 heterocycles. The molecule has 0 aliphatic rings. The van der Waals surface area contributed by atoms with Gasteiger partial charge in [0.05, 0.1) is 0 Å². The molecule has 0 aliphatic heterocycles. The molecule has 0 radical (unpaired) electrons. The van der Waals surface area contributed by atoms with Crippen LogP contribution >= 0.6 is 12.4 Å². The normalized spacial score (nSPS) is 0. The first-order chi connectivity index (χ1) is 0. The molecule has 0 aromatic rings. The predicted octanol–water partition coefficient (Wildman–Crippen LogP) is -2.60. The van der Waals surface area contributed by atoms with Gasteiger partial charge < -0.3 is 0 Å². The second kappa shape index (κ2) is 26.3. The minimum atomic E-state index is 0. The first kappa shape index (κ1) is 40.0. The van der Waals surface area contributed by atoms with Crippen molar-refractivity contribution >= 4 is 90.6 Å². The van der Waals surface area contributed by atoms with Crippen LogP contribution in [0.3, 0.4) is 0 Å². The SMILES string of the molecule is Cl.[AlH3].[CaH2].[Fe].[MgH2]. The van der Waals surface area contributed by atoms with Crippen molar-refractivity contribution in [2.24, 2.45) is 0 Å². The van der Waals surface area contributed by atoms with Gasteiger partial charge in [-0.1, -0.05) is 0 Å². The topological polar surface area (TPSA) is 0 Å². The summed E-state index contributed by atoms with van der Waals surface area (Å²) < 4.78 is 0. The van der Waals surface area contributed by atoms with E-state index in [4.69, 9.17) is 0 Å². The van der Waals surface area contributed by atoms with E-state index < -0.39 is 0 Å². The monoisotopic (exact) mass is 190 g/mol. The molecule has 0 rings (SSSR count). The molecule has 0 nitrogen and oxygen atoms in total. The van der Waals surface area contributed by atoms with Gasteiger partial charge in [0.15, 0.2) is 17.4 Å². The summed E-state index contributed by atoms with van der Waals surface area (Å²) in [6, 6.07) is 0. The van der Waals surface area contributed by atoms with Crippen molar-refractivity contribution in [3.8, 4) is 0 Å². The largest absolute Gasteiger partial charge is 0.316 e. The van der Waals surface area contributed by atoms with Gasteiger partial charge in [0.2, 0.25) is 0 Å². The molecule has 0 saturated heterocycles. The van der Waals surface area contributed by atoms with Gasteiger partial charge >= 0.3 is 60.8 Å². The Bertz CT molecular complexity index is 11.6. The molecular formula is H8AlCaClFeMg. The first-order valence-electron chi connectivity index (χ1n) is 0. The molecular weight excluding hydrogens is 183 g/mol. The third kappa shape index (κ3) is 18.7. The Kier molecular flexibility index (Phi) is 211. The Labute approximate surface area is 105 Å². The van der Waals surface area contributed by atoms with E-state index in [1.807, 2.05) is 0 Å². The minimum Gasteiger partial charge on any atom is 0 e. The Morgan fingerprint density at radius 3 is 1.00 bits per heavy atom. The summed E-state index contributed by atoms with van der Waals surface area (Å²) in [4.78, 5) is 0. The predicted molar refractivity (Wildman–Crippen MR) is 34.3 cm³/mol. The third-order valence-corrected chi connectivity index (χ3v) is 0. The molecule has 0 aromatic heterocycles. The van der Waals surface area contributed by atoms with Crippen molar-refractivity contribution in [1.29, 1.82) is 0 Å². The van der Waals surface area contributed by atoms with Crippen LogP contribution < -0.4 is 0 Å². The van der Waals surface area contributed by atoms with Gasteiger partial charge in [-0.05, 0) is 0 Å². The quantitative estimate of drug-likeness (QED) is 0.368. The summed E-state index contributed by atoms with van der Waals surface area (Å²) in [6.07, 6.45) is 0. The second-order valence-electron chi connectivity index (χ2n) is 0. The molecule has 0 saturated carbocycles. The van der Waals surface area contributed by atoms with E-state index in [0.29, 0.717) is 0 Å². The van der Waals surface area contributed by atoms with Gasteiger partial charge in [0.1, 0.15) is 0 Å². The second-order valence-corrected chi connectivity index (χ2v) is 0. The molecule has 0 N–H and O–H groups in total. The average Bonchev–Trinajstić information content (AvgIpc) is 0. The molecule has 0 aromatic carbocycles. The zero-order chi connectivity index (χ0) is 0. The van der Waals surface area contributed by atoms with Crippen LogP contribution in [0.2, 0.25) is 0 Å². The van der Waals surface area contributed by atoms with Crippen molar-refractivity contribution in [1.82, 2.24) is 0 Å². The van der Waals surface area contributed by atoms with Gasteiger partial charge in [-0.2, -0.15) is 0 Å². The number of halogens is 1. The van der Waals surface area contributed by atoms with Crippen molar-refractivity contribution in [2.75, 3.05) is 0 Å². The van der Waals surface area contributed by atoms with Gasteiger partial charge in [-0.3, -0.25) is 0 Å². The third-order valence-electron chi connectivity index (χ3n) is 0. The van der Waals surface area contributed by atoms with Crippen LogP contribution in [0.15, 0.2) is 0 Å². The van der Waals surface area contributed by atoms with Crippen LogP contribution in [-0.4, -0.2) is 78.2 Å². The molecule has 0 spiro atoms. The van der Waals surface area contributed by atoms with E-state index in [9.17, 15) is 0 Å². The zero-order valence-electron chi connectivity index (χ0n) is 0.762. The van der Waals surface area contributed by atoms with Crippen molar-refractivity contribution < 1.29 is 17.1 Å². The molecule has 30 valence electrons. The zero-order valence-corrected chi connectivity index (χ0v) is 2.68. The fraction of sp³-hybridized carbons (Fsp3) is 0. The van der Waals surface area contributed by atoms with Gasteiger partial charge in [0, 0.05) is 17.1 Å². The van der Waals surface area contributed by atoms with Gasteiger partial charge in [-0.25, -0.2) is 0 Å². The molecule has 0 bridgehead atoms. The molecule has 5 heavy (non-hydrogen) atoms. The van der Waals surface area contributed by atoms with Gasteiger partial charge in [-0.15, -0.1) is 12.4 Å². The van der Waals surface area contributed by atoms with Gasteiger partial charge in [0.25, 0.3) is 0 Å². The van der Waals surface area contributed by atoms with E-state index in [2.05, 4.69) is 0 Å². The maximum atomic E-state index is 0. The summed E-state index contributed by atoms with van der Waals surface area (Å²) in [7, 11) is 0. The summed E-state index contributed by atoms with van der Waals surface area (Å²) >= 11 is 0. The van der Waals surface area contributed by atoms with Crippen LogP contribution in [0.5, 0.6) is 0 Å². The molecule has 5 heteroatoms. The van der Waals surface area contributed by atoms with E-state index >= 15 is 0 Å².